The molecule has 1 atom stereocenters. The van der Waals surface area contributed by atoms with Crippen LogP contribution in [-0.2, 0) is 4.79 Å². The van der Waals surface area contributed by atoms with Crippen molar-refractivity contribution in [1.82, 2.24) is 4.90 Å². The molecule has 0 saturated carbocycles. The van der Waals surface area contributed by atoms with Gasteiger partial charge < -0.3 is 9.64 Å². The van der Waals surface area contributed by atoms with Crippen molar-refractivity contribution >= 4 is 5.91 Å². The van der Waals surface area contributed by atoms with Crippen LogP contribution < -0.4 is 4.74 Å². The fourth-order valence-electron chi connectivity index (χ4n) is 3.72. The molecule has 0 radical (unpaired) electrons. The molecule has 1 aliphatic rings. The summed E-state index contributed by atoms with van der Waals surface area (Å²) in [4.78, 5) is 15.0. The molecule has 3 rings (SSSR count). The third-order valence-corrected chi connectivity index (χ3v) is 5.22. The summed E-state index contributed by atoms with van der Waals surface area (Å²) in [6, 6.07) is 16.8. The summed E-state index contributed by atoms with van der Waals surface area (Å²) in [7, 11) is 0. The molecule has 1 fully saturated rings. The Morgan fingerprint density at radius 2 is 1.48 bits per heavy atom. The Morgan fingerprint density at radius 3 is 2.04 bits per heavy atom. The van der Waals surface area contributed by atoms with E-state index in [1.54, 1.807) is 0 Å². The fraction of sp³-hybridized carbons (Fsp3) is 0.458. The average molecular weight is 366 g/mol. The van der Waals surface area contributed by atoms with Crippen molar-refractivity contribution in [1.29, 1.82) is 0 Å². The van der Waals surface area contributed by atoms with Crippen molar-refractivity contribution in [2.24, 2.45) is 0 Å². The highest BCUT2D eigenvalue weighted by molar-refractivity contribution is 5.78. The maximum atomic E-state index is 12.9. The van der Waals surface area contributed by atoms with Gasteiger partial charge in [-0.3, -0.25) is 4.79 Å². The fourth-order valence-corrected chi connectivity index (χ4v) is 3.72. The second kappa shape index (κ2) is 9.07. The molecule has 3 nitrogen and oxygen atoms in total. The van der Waals surface area contributed by atoms with Gasteiger partial charge in [0.25, 0.3) is 0 Å². The van der Waals surface area contributed by atoms with Gasteiger partial charge in [-0.05, 0) is 63.3 Å². The zero-order chi connectivity index (χ0) is 19.2. The van der Waals surface area contributed by atoms with Crippen molar-refractivity contribution < 1.29 is 9.53 Å². The predicted molar refractivity (Wildman–Crippen MR) is 110 cm³/mol. The Labute approximate surface area is 163 Å². The first-order chi connectivity index (χ1) is 13.0. The van der Waals surface area contributed by atoms with E-state index in [0.717, 1.165) is 31.7 Å². The van der Waals surface area contributed by atoms with Crippen LogP contribution in [0.25, 0.3) is 0 Å². The molecule has 27 heavy (non-hydrogen) atoms. The number of hydrogen-bond acceptors (Lipinski definition) is 2. The van der Waals surface area contributed by atoms with Crippen LogP contribution in [0.3, 0.4) is 0 Å². The highest BCUT2D eigenvalue weighted by Crippen LogP contribution is 2.31. The molecule has 3 heteroatoms. The van der Waals surface area contributed by atoms with Crippen molar-refractivity contribution in [2.45, 2.75) is 58.5 Å². The van der Waals surface area contributed by atoms with Gasteiger partial charge in [-0.1, -0.05) is 42.0 Å². The van der Waals surface area contributed by atoms with Gasteiger partial charge >= 0.3 is 0 Å². The SMILES string of the molecule is Cc1ccc([C@@H](CC(=O)N2CCCCC2)c2ccc(OC(C)C)cc2)cc1. The van der Waals surface area contributed by atoms with E-state index in [0.29, 0.717) is 6.42 Å². The number of carbonyl (C=O) groups excluding carboxylic acids is 1. The summed E-state index contributed by atoms with van der Waals surface area (Å²) in [5.41, 5.74) is 3.60. The quantitative estimate of drug-likeness (QED) is 0.694. The van der Waals surface area contributed by atoms with Gasteiger partial charge in [-0.2, -0.15) is 0 Å². The van der Waals surface area contributed by atoms with Gasteiger partial charge in [0.1, 0.15) is 5.75 Å². The summed E-state index contributed by atoms with van der Waals surface area (Å²) in [6.45, 7) is 7.96. The molecule has 1 heterocycles. The third-order valence-electron chi connectivity index (χ3n) is 5.22. The van der Waals surface area contributed by atoms with E-state index in [-0.39, 0.29) is 17.9 Å². The van der Waals surface area contributed by atoms with Crippen molar-refractivity contribution in [3.05, 3.63) is 65.2 Å². The van der Waals surface area contributed by atoms with Gasteiger partial charge in [0.05, 0.1) is 6.10 Å². The molecule has 0 aliphatic carbocycles. The largest absolute Gasteiger partial charge is 0.491 e. The van der Waals surface area contributed by atoms with Gasteiger partial charge in [0.15, 0.2) is 0 Å². The topological polar surface area (TPSA) is 29.5 Å². The highest BCUT2D eigenvalue weighted by Gasteiger charge is 2.23. The van der Waals surface area contributed by atoms with Crippen LogP contribution in [0.15, 0.2) is 48.5 Å². The first kappa shape index (κ1) is 19.5. The Morgan fingerprint density at radius 1 is 0.926 bits per heavy atom. The minimum atomic E-state index is 0.0770. The van der Waals surface area contributed by atoms with Crippen LogP contribution in [0.4, 0.5) is 0 Å². The van der Waals surface area contributed by atoms with Crippen LogP contribution in [0.5, 0.6) is 5.75 Å². The second-order valence-corrected chi connectivity index (χ2v) is 7.84. The minimum Gasteiger partial charge on any atom is -0.491 e. The number of nitrogens with zero attached hydrogens (tertiary/aromatic N) is 1. The van der Waals surface area contributed by atoms with Crippen LogP contribution in [-0.4, -0.2) is 30.0 Å². The number of piperidine rings is 1. The lowest BCUT2D eigenvalue weighted by Crippen LogP contribution is -2.36. The lowest BCUT2D eigenvalue weighted by atomic mass is 9.87. The zero-order valence-electron chi connectivity index (χ0n) is 16.8. The molecule has 2 aromatic carbocycles. The summed E-state index contributed by atoms with van der Waals surface area (Å²) >= 11 is 0. The monoisotopic (exact) mass is 365 g/mol. The number of rotatable bonds is 6. The van der Waals surface area contributed by atoms with Crippen LogP contribution in [0.1, 0.15) is 62.1 Å². The summed E-state index contributed by atoms with van der Waals surface area (Å²) < 4.78 is 5.77. The maximum Gasteiger partial charge on any atom is 0.223 e. The minimum absolute atomic E-state index is 0.0770. The second-order valence-electron chi connectivity index (χ2n) is 7.84. The zero-order valence-corrected chi connectivity index (χ0v) is 16.8. The van der Waals surface area contributed by atoms with Crippen molar-refractivity contribution in [2.75, 3.05) is 13.1 Å². The molecule has 0 spiro atoms. The number of hydrogen-bond donors (Lipinski definition) is 0. The maximum absolute atomic E-state index is 12.9. The summed E-state index contributed by atoms with van der Waals surface area (Å²) in [5.74, 6) is 1.22. The van der Waals surface area contributed by atoms with E-state index in [4.69, 9.17) is 4.74 Å². The smallest absolute Gasteiger partial charge is 0.223 e. The molecule has 0 unspecified atom stereocenters. The van der Waals surface area contributed by atoms with E-state index < -0.39 is 0 Å². The summed E-state index contributed by atoms with van der Waals surface area (Å²) in [5, 5.41) is 0. The van der Waals surface area contributed by atoms with E-state index in [1.165, 1.54) is 23.1 Å². The van der Waals surface area contributed by atoms with Crippen LogP contribution in [0, 0.1) is 6.92 Å². The number of benzene rings is 2. The Hall–Kier alpha value is -2.29. The van der Waals surface area contributed by atoms with E-state index in [2.05, 4.69) is 43.3 Å². The van der Waals surface area contributed by atoms with Crippen LogP contribution >= 0.6 is 0 Å². The predicted octanol–water partition coefficient (Wildman–Crippen LogP) is 5.32. The Bertz CT molecular complexity index is 728. The Balaban J connectivity index is 1.83. The molecule has 144 valence electrons. The molecular weight excluding hydrogens is 334 g/mol. The standard InChI is InChI=1S/C24H31NO2/c1-18(2)27-22-13-11-21(12-14-22)23(20-9-7-19(3)8-10-20)17-24(26)25-15-5-4-6-16-25/h7-14,18,23H,4-6,15-17H2,1-3H3/t23-/m1/s1. The molecule has 1 aliphatic heterocycles. The average Bonchev–Trinajstić information content (AvgIpc) is 2.68. The molecule has 1 amide bonds. The van der Waals surface area contributed by atoms with Gasteiger partial charge in [0, 0.05) is 25.4 Å². The number of aryl methyl sites for hydroxylation is 1. The number of ether oxygens (including phenoxy) is 1. The van der Waals surface area contributed by atoms with E-state index >= 15 is 0 Å². The van der Waals surface area contributed by atoms with Gasteiger partial charge in [-0.25, -0.2) is 0 Å². The molecule has 0 bridgehead atoms. The number of likely N-dealkylation sites (tertiary alicyclic amines) is 1. The molecule has 0 aromatic heterocycles. The molecular formula is C24H31NO2. The first-order valence-corrected chi connectivity index (χ1v) is 10.1. The van der Waals surface area contributed by atoms with E-state index in [9.17, 15) is 4.79 Å². The van der Waals surface area contributed by atoms with Crippen molar-refractivity contribution in [3.63, 3.8) is 0 Å². The van der Waals surface area contributed by atoms with E-state index in [1.807, 2.05) is 30.9 Å². The van der Waals surface area contributed by atoms with Crippen molar-refractivity contribution in [3.8, 4) is 5.75 Å². The van der Waals surface area contributed by atoms with Gasteiger partial charge in [-0.15, -0.1) is 0 Å². The lowest BCUT2D eigenvalue weighted by Gasteiger charge is -2.29. The molecule has 1 saturated heterocycles. The van der Waals surface area contributed by atoms with Crippen LogP contribution in [0.2, 0.25) is 0 Å². The highest BCUT2D eigenvalue weighted by atomic mass is 16.5. The number of carbonyl (C=O) groups is 1. The number of amides is 1. The molecule has 0 N–H and O–H groups in total. The van der Waals surface area contributed by atoms with Gasteiger partial charge in [0.2, 0.25) is 5.91 Å². The first-order valence-electron chi connectivity index (χ1n) is 10.1. The Kier molecular flexibility index (Phi) is 6.54. The molecule has 2 aromatic rings. The third kappa shape index (κ3) is 5.35. The normalized spacial score (nSPS) is 15.6. The lowest BCUT2D eigenvalue weighted by molar-refractivity contribution is -0.132. The summed E-state index contributed by atoms with van der Waals surface area (Å²) in [6.07, 6.45) is 4.17.